The summed E-state index contributed by atoms with van der Waals surface area (Å²) in [6, 6.07) is 11.7. The number of aryl methyl sites for hydroxylation is 1. The van der Waals surface area contributed by atoms with Gasteiger partial charge in [0.15, 0.2) is 9.84 Å². The molecule has 1 aromatic heterocycles. The molecule has 158 valence electrons. The Morgan fingerprint density at radius 3 is 2.52 bits per heavy atom. The number of aromatic nitrogens is 2. The van der Waals surface area contributed by atoms with Crippen LogP contribution in [0.2, 0.25) is 5.02 Å². The third-order valence-electron chi connectivity index (χ3n) is 4.80. The second-order valence-corrected chi connectivity index (χ2v) is 9.51. The molecule has 0 aliphatic carbocycles. The van der Waals surface area contributed by atoms with Gasteiger partial charge in [-0.05, 0) is 55.0 Å². The van der Waals surface area contributed by atoms with Crippen molar-refractivity contribution in [2.24, 2.45) is 0 Å². The Morgan fingerprint density at radius 2 is 1.81 bits per heavy atom. The maximum Gasteiger partial charge on any atom is 0.177 e. The predicted molar refractivity (Wildman–Crippen MR) is 117 cm³/mol. The number of nitrogens with zero attached hydrogens (tertiary/aromatic N) is 2. The van der Waals surface area contributed by atoms with Crippen LogP contribution in [0.5, 0.6) is 0 Å². The number of anilines is 2. The average molecular weight is 460 g/mol. The van der Waals surface area contributed by atoms with Gasteiger partial charge in [0.1, 0.15) is 17.3 Å². The zero-order chi connectivity index (χ0) is 22.3. The fourth-order valence-electron chi connectivity index (χ4n) is 3.31. The molecule has 0 unspecified atom stereocenters. The van der Waals surface area contributed by atoms with Crippen molar-refractivity contribution in [2.45, 2.75) is 11.8 Å². The van der Waals surface area contributed by atoms with Gasteiger partial charge in [-0.15, -0.1) is 5.10 Å². The van der Waals surface area contributed by atoms with Gasteiger partial charge in [-0.3, -0.25) is 0 Å². The van der Waals surface area contributed by atoms with Gasteiger partial charge in [-0.2, -0.15) is 5.10 Å². The van der Waals surface area contributed by atoms with Crippen molar-refractivity contribution in [3.63, 3.8) is 0 Å². The Balaban J connectivity index is 1.78. The van der Waals surface area contributed by atoms with Crippen molar-refractivity contribution in [1.82, 2.24) is 10.2 Å². The van der Waals surface area contributed by atoms with E-state index in [0.717, 1.165) is 23.1 Å². The molecule has 0 atom stereocenters. The van der Waals surface area contributed by atoms with E-state index in [9.17, 15) is 17.2 Å². The first-order chi connectivity index (χ1) is 14.6. The zero-order valence-electron chi connectivity index (χ0n) is 16.4. The lowest BCUT2D eigenvalue weighted by atomic mass is 10.0. The van der Waals surface area contributed by atoms with Gasteiger partial charge in [0.25, 0.3) is 0 Å². The van der Waals surface area contributed by atoms with Crippen LogP contribution in [0, 0.1) is 18.6 Å². The van der Waals surface area contributed by atoms with E-state index in [2.05, 4.69) is 15.5 Å². The minimum Gasteiger partial charge on any atom is -0.353 e. The highest BCUT2D eigenvalue weighted by Crippen LogP contribution is 2.35. The standard InChI is InChI=1S/C22H16ClF2N3O2S/c1-12-7-21(31(2,29)30)18(23)10-17(12)22-16-5-4-15(8-13(16)11-26-28-22)27-20-6-3-14(24)9-19(20)25/h3-11,27H,1-2H3. The minimum atomic E-state index is -3.47. The monoisotopic (exact) mass is 459 g/mol. The molecule has 0 aliphatic rings. The molecule has 0 fully saturated rings. The van der Waals surface area contributed by atoms with E-state index < -0.39 is 21.5 Å². The summed E-state index contributed by atoms with van der Waals surface area (Å²) in [5.41, 5.74) is 2.60. The van der Waals surface area contributed by atoms with Gasteiger partial charge in [-0.1, -0.05) is 11.6 Å². The van der Waals surface area contributed by atoms with E-state index in [-0.39, 0.29) is 15.6 Å². The van der Waals surface area contributed by atoms with Crippen molar-refractivity contribution >= 4 is 43.6 Å². The Labute approximate surface area is 182 Å². The molecule has 1 N–H and O–H groups in total. The van der Waals surface area contributed by atoms with Crippen LogP contribution in [-0.2, 0) is 9.84 Å². The zero-order valence-corrected chi connectivity index (χ0v) is 18.0. The fourth-order valence-corrected chi connectivity index (χ4v) is 4.69. The summed E-state index contributed by atoms with van der Waals surface area (Å²) in [4.78, 5) is 0.0522. The molecule has 0 amide bonds. The first-order valence-electron chi connectivity index (χ1n) is 9.11. The van der Waals surface area contributed by atoms with Gasteiger partial charge in [0.05, 0.1) is 21.8 Å². The summed E-state index contributed by atoms with van der Waals surface area (Å²) in [7, 11) is -3.47. The number of nitrogens with one attached hydrogen (secondary N) is 1. The molecule has 0 spiro atoms. The first-order valence-corrected chi connectivity index (χ1v) is 11.4. The van der Waals surface area contributed by atoms with Crippen LogP contribution >= 0.6 is 11.6 Å². The minimum absolute atomic E-state index is 0.0522. The smallest absolute Gasteiger partial charge is 0.177 e. The topological polar surface area (TPSA) is 72.0 Å². The van der Waals surface area contributed by atoms with Crippen LogP contribution in [0.1, 0.15) is 5.56 Å². The molecule has 0 saturated carbocycles. The van der Waals surface area contributed by atoms with Crippen LogP contribution in [0.3, 0.4) is 0 Å². The van der Waals surface area contributed by atoms with Crippen molar-refractivity contribution < 1.29 is 17.2 Å². The molecule has 5 nitrogen and oxygen atoms in total. The molecule has 0 bridgehead atoms. The Morgan fingerprint density at radius 1 is 1.03 bits per heavy atom. The van der Waals surface area contributed by atoms with Crippen molar-refractivity contribution in [1.29, 1.82) is 0 Å². The third-order valence-corrected chi connectivity index (χ3v) is 6.37. The van der Waals surface area contributed by atoms with E-state index in [1.54, 1.807) is 37.4 Å². The lowest BCUT2D eigenvalue weighted by molar-refractivity contribution is 0.586. The lowest BCUT2D eigenvalue weighted by Gasteiger charge is -2.13. The normalized spacial score (nSPS) is 11.6. The third kappa shape index (κ3) is 4.22. The number of benzene rings is 3. The molecule has 4 aromatic rings. The fraction of sp³-hybridized carbons (Fsp3) is 0.0909. The van der Waals surface area contributed by atoms with Gasteiger partial charge in [-0.25, -0.2) is 17.2 Å². The van der Waals surface area contributed by atoms with E-state index >= 15 is 0 Å². The SMILES string of the molecule is Cc1cc(S(C)(=O)=O)c(Cl)cc1-c1nncc2cc(Nc3ccc(F)cc3F)ccc12. The number of sulfone groups is 1. The summed E-state index contributed by atoms with van der Waals surface area (Å²) in [5, 5.41) is 12.8. The van der Waals surface area contributed by atoms with E-state index in [4.69, 9.17) is 11.6 Å². The Hall–Kier alpha value is -3.10. The van der Waals surface area contributed by atoms with Crippen LogP contribution in [0.4, 0.5) is 20.2 Å². The van der Waals surface area contributed by atoms with E-state index in [0.29, 0.717) is 22.5 Å². The average Bonchev–Trinajstić information content (AvgIpc) is 2.70. The molecule has 0 aliphatic heterocycles. The highest BCUT2D eigenvalue weighted by molar-refractivity contribution is 7.90. The molecule has 3 aromatic carbocycles. The molecule has 0 saturated heterocycles. The largest absolute Gasteiger partial charge is 0.353 e. The number of hydrogen-bond donors (Lipinski definition) is 1. The first kappa shape index (κ1) is 21.1. The highest BCUT2D eigenvalue weighted by Gasteiger charge is 2.18. The molecular formula is C22H16ClF2N3O2S. The Kier molecular flexibility index (Phi) is 5.36. The second-order valence-electron chi connectivity index (χ2n) is 7.11. The van der Waals surface area contributed by atoms with E-state index in [1.807, 2.05) is 0 Å². The number of hydrogen-bond acceptors (Lipinski definition) is 5. The van der Waals surface area contributed by atoms with Crippen molar-refractivity contribution in [3.05, 3.63) is 76.9 Å². The van der Waals surface area contributed by atoms with Crippen molar-refractivity contribution in [2.75, 3.05) is 11.6 Å². The summed E-state index contributed by atoms with van der Waals surface area (Å²) >= 11 is 6.23. The van der Waals surface area contributed by atoms with Crippen LogP contribution in [0.15, 0.2) is 59.6 Å². The molecule has 31 heavy (non-hydrogen) atoms. The summed E-state index contributed by atoms with van der Waals surface area (Å²) in [6.45, 7) is 1.77. The molecule has 4 rings (SSSR count). The second kappa shape index (κ2) is 7.86. The molecule has 1 heterocycles. The van der Waals surface area contributed by atoms with Gasteiger partial charge < -0.3 is 5.32 Å². The quantitative estimate of drug-likeness (QED) is 0.425. The number of fused-ring (bicyclic) bond motifs is 1. The summed E-state index contributed by atoms with van der Waals surface area (Å²) < 4.78 is 50.9. The number of halogens is 3. The highest BCUT2D eigenvalue weighted by atomic mass is 35.5. The van der Waals surface area contributed by atoms with Crippen LogP contribution in [-0.4, -0.2) is 24.9 Å². The van der Waals surface area contributed by atoms with Gasteiger partial charge in [0.2, 0.25) is 0 Å². The molecule has 9 heteroatoms. The van der Waals surface area contributed by atoms with Gasteiger partial charge >= 0.3 is 0 Å². The summed E-state index contributed by atoms with van der Waals surface area (Å²) in [5.74, 6) is -1.36. The maximum absolute atomic E-state index is 14.0. The summed E-state index contributed by atoms with van der Waals surface area (Å²) in [6.07, 6.45) is 2.66. The van der Waals surface area contributed by atoms with Gasteiger partial charge in [0, 0.05) is 34.3 Å². The van der Waals surface area contributed by atoms with E-state index in [1.165, 1.54) is 18.2 Å². The van der Waals surface area contributed by atoms with Crippen molar-refractivity contribution in [3.8, 4) is 11.3 Å². The van der Waals surface area contributed by atoms with Crippen LogP contribution < -0.4 is 5.32 Å². The Bertz CT molecular complexity index is 1440. The predicted octanol–water partition coefficient (Wildman–Crippen LogP) is 5.68. The number of rotatable bonds is 4. The molecular weight excluding hydrogens is 444 g/mol. The lowest BCUT2D eigenvalue weighted by Crippen LogP contribution is -2.01. The van der Waals surface area contributed by atoms with Crippen LogP contribution in [0.25, 0.3) is 22.0 Å². The maximum atomic E-state index is 14.0. The molecule has 0 radical (unpaired) electrons.